The van der Waals surface area contributed by atoms with E-state index in [4.69, 9.17) is 9.26 Å². The van der Waals surface area contributed by atoms with Crippen LogP contribution in [0.5, 0.6) is 0 Å². The molecule has 1 aromatic heterocycles. The van der Waals surface area contributed by atoms with Gasteiger partial charge < -0.3 is 19.5 Å². The average Bonchev–Trinajstić information content (AvgIpc) is 3.38. The molecule has 2 fully saturated rings. The van der Waals surface area contributed by atoms with Crippen molar-refractivity contribution in [3.05, 3.63) is 42.2 Å². The molecule has 2 aliphatic rings. The molecule has 3 heterocycles. The van der Waals surface area contributed by atoms with Gasteiger partial charge in [-0.15, -0.1) is 0 Å². The van der Waals surface area contributed by atoms with Crippen LogP contribution in [0.4, 0.5) is 0 Å². The third-order valence-electron chi connectivity index (χ3n) is 5.88. The summed E-state index contributed by atoms with van der Waals surface area (Å²) < 4.78 is 11.1. The first-order valence-corrected chi connectivity index (χ1v) is 10.3. The fourth-order valence-corrected chi connectivity index (χ4v) is 4.44. The molecule has 0 bridgehead atoms. The minimum atomic E-state index is -0.948. The third kappa shape index (κ3) is 4.05. The third-order valence-corrected chi connectivity index (χ3v) is 5.88. The number of carbonyl (C=O) groups excluding carboxylic acids is 2. The Morgan fingerprint density at radius 3 is 2.83 bits per heavy atom. The second-order valence-electron chi connectivity index (χ2n) is 7.91. The standard InChI is InChI=1S/C22H27N3O4/c1-16(26)25-11-6-10-22(25,21(27)23-18-9-5-12-28-15-18)14-19-13-20(24-29-19)17-7-3-2-4-8-17/h2-4,7-8,13,18H,5-6,9-12,14-15H2,1H3,(H,23,27). The van der Waals surface area contributed by atoms with Crippen molar-refractivity contribution in [1.29, 1.82) is 0 Å². The fourth-order valence-electron chi connectivity index (χ4n) is 4.44. The largest absolute Gasteiger partial charge is 0.379 e. The van der Waals surface area contributed by atoms with E-state index in [1.807, 2.05) is 36.4 Å². The van der Waals surface area contributed by atoms with Crippen LogP contribution in [-0.2, 0) is 20.7 Å². The monoisotopic (exact) mass is 397 g/mol. The zero-order chi connectivity index (χ0) is 20.3. The van der Waals surface area contributed by atoms with Crippen LogP contribution < -0.4 is 5.32 Å². The van der Waals surface area contributed by atoms with E-state index in [1.165, 1.54) is 6.92 Å². The van der Waals surface area contributed by atoms with Gasteiger partial charge in [0.2, 0.25) is 11.8 Å². The zero-order valence-electron chi connectivity index (χ0n) is 16.7. The molecule has 0 spiro atoms. The van der Waals surface area contributed by atoms with E-state index in [-0.39, 0.29) is 17.9 Å². The zero-order valence-corrected chi connectivity index (χ0v) is 16.7. The minimum Gasteiger partial charge on any atom is -0.379 e. The van der Waals surface area contributed by atoms with Crippen LogP contribution in [0.1, 0.15) is 38.4 Å². The Bertz CT molecular complexity index is 860. The van der Waals surface area contributed by atoms with Crippen LogP contribution in [0.2, 0.25) is 0 Å². The summed E-state index contributed by atoms with van der Waals surface area (Å²) in [4.78, 5) is 27.5. The summed E-state index contributed by atoms with van der Waals surface area (Å²) >= 11 is 0. The molecule has 0 radical (unpaired) electrons. The van der Waals surface area contributed by atoms with Gasteiger partial charge in [0.05, 0.1) is 12.6 Å². The van der Waals surface area contributed by atoms with Crippen molar-refractivity contribution in [1.82, 2.24) is 15.4 Å². The van der Waals surface area contributed by atoms with Crippen LogP contribution in [-0.4, -0.2) is 53.2 Å². The van der Waals surface area contributed by atoms with E-state index in [0.717, 1.165) is 37.1 Å². The number of aromatic nitrogens is 1. The number of nitrogens with one attached hydrogen (secondary N) is 1. The topological polar surface area (TPSA) is 84.7 Å². The van der Waals surface area contributed by atoms with E-state index in [2.05, 4.69) is 10.5 Å². The fraction of sp³-hybridized carbons (Fsp3) is 0.500. The first-order valence-electron chi connectivity index (χ1n) is 10.3. The predicted octanol–water partition coefficient (Wildman–Crippen LogP) is 2.56. The molecule has 2 atom stereocenters. The molecule has 2 aromatic rings. The average molecular weight is 397 g/mol. The van der Waals surface area contributed by atoms with Crippen molar-refractivity contribution in [2.45, 2.75) is 50.6 Å². The maximum atomic E-state index is 13.4. The van der Waals surface area contributed by atoms with Gasteiger partial charge in [0.15, 0.2) is 0 Å². The van der Waals surface area contributed by atoms with Crippen LogP contribution >= 0.6 is 0 Å². The molecule has 0 aliphatic carbocycles. The molecule has 29 heavy (non-hydrogen) atoms. The minimum absolute atomic E-state index is 0.0165. The molecule has 1 aromatic carbocycles. The maximum Gasteiger partial charge on any atom is 0.246 e. The molecule has 7 nitrogen and oxygen atoms in total. The smallest absolute Gasteiger partial charge is 0.246 e. The van der Waals surface area contributed by atoms with Crippen molar-refractivity contribution in [3.8, 4) is 11.3 Å². The molecule has 2 aliphatic heterocycles. The van der Waals surface area contributed by atoms with Crippen molar-refractivity contribution < 1.29 is 18.8 Å². The second kappa shape index (κ2) is 8.37. The van der Waals surface area contributed by atoms with Gasteiger partial charge in [-0.1, -0.05) is 35.5 Å². The molecule has 0 saturated carbocycles. The summed E-state index contributed by atoms with van der Waals surface area (Å²) in [6, 6.07) is 11.6. The molecule has 4 rings (SSSR count). The highest BCUT2D eigenvalue weighted by Gasteiger charge is 2.50. The number of ether oxygens (including phenoxy) is 1. The van der Waals surface area contributed by atoms with Gasteiger partial charge in [0, 0.05) is 38.1 Å². The Morgan fingerprint density at radius 2 is 2.10 bits per heavy atom. The lowest BCUT2D eigenvalue weighted by Crippen LogP contribution is -2.60. The summed E-state index contributed by atoms with van der Waals surface area (Å²) in [5, 5.41) is 7.30. The lowest BCUT2D eigenvalue weighted by atomic mass is 9.88. The highest BCUT2D eigenvalue weighted by atomic mass is 16.5. The second-order valence-corrected chi connectivity index (χ2v) is 7.91. The number of hydrogen-bond donors (Lipinski definition) is 1. The van der Waals surface area contributed by atoms with E-state index >= 15 is 0 Å². The number of benzene rings is 1. The predicted molar refractivity (Wildman–Crippen MR) is 107 cm³/mol. The normalized spacial score (nSPS) is 24.4. The summed E-state index contributed by atoms with van der Waals surface area (Å²) in [5.41, 5.74) is 0.732. The van der Waals surface area contributed by atoms with Crippen molar-refractivity contribution in [2.75, 3.05) is 19.8 Å². The van der Waals surface area contributed by atoms with Crippen LogP contribution in [0.3, 0.4) is 0 Å². The van der Waals surface area contributed by atoms with Gasteiger partial charge in [-0.3, -0.25) is 9.59 Å². The molecule has 2 unspecified atom stereocenters. The first kappa shape index (κ1) is 19.6. The maximum absolute atomic E-state index is 13.4. The van der Waals surface area contributed by atoms with Gasteiger partial charge in [0.25, 0.3) is 0 Å². The van der Waals surface area contributed by atoms with Gasteiger partial charge in [-0.05, 0) is 25.7 Å². The summed E-state index contributed by atoms with van der Waals surface area (Å²) in [6.45, 7) is 3.34. The van der Waals surface area contributed by atoms with Crippen molar-refractivity contribution >= 4 is 11.8 Å². The van der Waals surface area contributed by atoms with Gasteiger partial charge in [0.1, 0.15) is 17.0 Å². The summed E-state index contributed by atoms with van der Waals surface area (Å²) in [6.07, 6.45) is 3.52. The quantitative estimate of drug-likeness (QED) is 0.838. The molecule has 7 heteroatoms. The van der Waals surface area contributed by atoms with Crippen molar-refractivity contribution in [3.63, 3.8) is 0 Å². The SMILES string of the molecule is CC(=O)N1CCCC1(Cc1cc(-c2ccccc2)no1)C(=O)NC1CCCOC1. The molecular formula is C22H27N3O4. The van der Waals surface area contributed by atoms with Crippen molar-refractivity contribution in [2.24, 2.45) is 0 Å². The van der Waals surface area contributed by atoms with Crippen LogP contribution in [0.15, 0.2) is 40.9 Å². The summed E-state index contributed by atoms with van der Waals surface area (Å²) in [7, 11) is 0. The number of amides is 2. The highest BCUT2D eigenvalue weighted by molar-refractivity contribution is 5.92. The Kier molecular flexibility index (Phi) is 5.67. The number of hydrogen-bond acceptors (Lipinski definition) is 5. The highest BCUT2D eigenvalue weighted by Crippen LogP contribution is 2.34. The van der Waals surface area contributed by atoms with E-state index in [9.17, 15) is 9.59 Å². The number of likely N-dealkylation sites (tertiary alicyclic amines) is 1. The molecule has 1 N–H and O–H groups in total. The molecular weight excluding hydrogens is 370 g/mol. The summed E-state index contributed by atoms with van der Waals surface area (Å²) in [5.74, 6) is 0.380. The lowest BCUT2D eigenvalue weighted by Gasteiger charge is -2.37. The van der Waals surface area contributed by atoms with Gasteiger partial charge in [-0.2, -0.15) is 0 Å². The van der Waals surface area contributed by atoms with E-state index < -0.39 is 5.54 Å². The molecule has 2 amide bonds. The molecule has 2 saturated heterocycles. The van der Waals surface area contributed by atoms with Crippen LogP contribution in [0.25, 0.3) is 11.3 Å². The Balaban J connectivity index is 1.58. The van der Waals surface area contributed by atoms with Gasteiger partial charge >= 0.3 is 0 Å². The Labute approximate surface area is 170 Å². The van der Waals surface area contributed by atoms with E-state index in [0.29, 0.717) is 31.8 Å². The number of nitrogens with zero attached hydrogens (tertiary/aromatic N) is 2. The molecule has 154 valence electrons. The number of carbonyl (C=O) groups is 2. The lowest BCUT2D eigenvalue weighted by molar-refractivity contribution is -0.144. The Hall–Kier alpha value is -2.67. The number of rotatable bonds is 5. The van der Waals surface area contributed by atoms with Crippen LogP contribution in [0, 0.1) is 0 Å². The Morgan fingerprint density at radius 1 is 1.28 bits per heavy atom. The van der Waals surface area contributed by atoms with E-state index in [1.54, 1.807) is 4.90 Å². The van der Waals surface area contributed by atoms with Gasteiger partial charge in [-0.25, -0.2) is 0 Å². The first-order chi connectivity index (χ1) is 14.1.